The number of rotatable bonds is 6. The van der Waals surface area contributed by atoms with Crippen LogP contribution in [0.25, 0.3) is 0 Å². The van der Waals surface area contributed by atoms with Gasteiger partial charge in [-0.3, -0.25) is 0 Å². The van der Waals surface area contributed by atoms with Crippen molar-refractivity contribution in [3.8, 4) is 5.75 Å². The topological polar surface area (TPSA) is 32.7 Å². The highest BCUT2D eigenvalue weighted by atomic mass is 19.4. The molecule has 0 unspecified atom stereocenters. The second-order valence-electron chi connectivity index (χ2n) is 4.01. The van der Waals surface area contributed by atoms with Gasteiger partial charge >= 0.3 is 6.36 Å². The first-order valence-electron chi connectivity index (χ1n) is 5.55. The number of benzene rings is 1. The molecule has 0 amide bonds. The molecular formula is C12H16F3NO2. The van der Waals surface area contributed by atoms with Gasteiger partial charge in [0.15, 0.2) is 0 Å². The summed E-state index contributed by atoms with van der Waals surface area (Å²) in [5.74, 6) is -0.218. The number of hydrogen-bond donors (Lipinski definition) is 1. The SMILES string of the molecule is CN(CCCO)Cc1ccc(OC(F)(F)F)cc1. The van der Waals surface area contributed by atoms with E-state index in [4.69, 9.17) is 5.11 Å². The third kappa shape index (κ3) is 5.88. The molecule has 1 aromatic rings. The Balaban J connectivity index is 2.50. The van der Waals surface area contributed by atoms with E-state index in [1.165, 1.54) is 12.1 Å². The van der Waals surface area contributed by atoms with Crippen molar-refractivity contribution in [3.05, 3.63) is 29.8 Å². The van der Waals surface area contributed by atoms with Gasteiger partial charge in [-0.05, 0) is 31.2 Å². The lowest BCUT2D eigenvalue weighted by molar-refractivity contribution is -0.274. The molecule has 102 valence electrons. The van der Waals surface area contributed by atoms with Crippen molar-refractivity contribution in [3.63, 3.8) is 0 Å². The van der Waals surface area contributed by atoms with E-state index in [0.29, 0.717) is 13.0 Å². The number of aliphatic hydroxyl groups is 1. The molecule has 0 heterocycles. The summed E-state index contributed by atoms with van der Waals surface area (Å²) in [4.78, 5) is 1.98. The monoisotopic (exact) mass is 263 g/mol. The molecule has 0 aliphatic heterocycles. The summed E-state index contributed by atoms with van der Waals surface area (Å²) in [6.45, 7) is 1.48. The molecule has 0 atom stereocenters. The van der Waals surface area contributed by atoms with Crippen LogP contribution < -0.4 is 4.74 Å². The molecule has 0 spiro atoms. The van der Waals surface area contributed by atoms with Gasteiger partial charge < -0.3 is 14.7 Å². The first-order chi connectivity index (χ1) is 8.40. The number of ether oxygens (including phenoxy) is 1. The van der Waals surface area contributed by atoms with Gasteiger partial charge in [0.05, 0.1) is 0 Å². The van der Waals surface area contributed by atoms with Gasteiger partial charge in [-0.15, -0.1) is 13.2 Å². The third-order valence-corrected chi connectivity index (χ3v) is 2.31. The lowest BCUT2D eigenvalue weighted by atomic mass is 10.2. The zero-order valence-corrected chi connectivity index (χ0v) is 10.1. The van der Waals surface area contributed by atoms with Crippen molar-refractivity contribution in [2.24, 2.45) is 0 Å². The molecule has 1 N–H and O–H groups in total. The molecule has 6 heteroatoms. The maximum absolute atomic E-state index is 11.9. The highest BCUT2D eigenvalue weighted by molar-refractivity contribution is 5.27. The van der Waals surface area contributed by atoms with Gasteiger partial charge in [0.2, 0.25) is 0 Å². The first-order valence-corrected chi connectivity index (χ1v) is 5.55. The van der Waals surface area contributed by atoms with E-state index < -0.39 is 6.36 Å². The lowest BCUT2D eigenvalue weighted by Gasteiger charge is -2.16. The molecule has 0 fully saturated rings. The van der Waals surface area contributed by atoms with Crippen LogP contribution in [0.5, 0.6) is 5.75 Å². The predicted octanol–water partition coefficient (Wildman–Crippen LogP) is 2.40. The molecular weight excluding hydrogens is 247 g/mol. The van der Waals surface area contributed by atoms with Crippen molar-refractivity contribution < 1.29 is 23.0 Å². The second kappa shape index (κ2) is 6.61. The fraction of sp³-hybridized carbons (Fsp3) is 0.500. The summed E-state index contributed by atoms with van der Waals surface area (Å²) in [7, 11) is 1.88. The molecule has 3 nitrogen and oxygen atoms in total. The Morgan fingerprint density at radius 1 is 1.22 bits per heavy atom. The molecule has 0 radical (unpaired) electrons. The Bertz CT molecular complexity index is 351. The summed E-state index contributed by atoms with van der Waals surface area (Å²) in [5, 5.41) is 8.68. The molecule has 0 aromatic heterocycles. The second-order valence-corrected chi connectivity index (χ2v) is 4.01. The highest BCUT2D eigenvalue weighted by Crippen LogP contribution is 2.22. The Labute approximate surface area is 104 Å². The molecule has 1 rings (SSSR count). The van der Waals surface area contributed by atoms with E-state index in [0.717, 1.165) is 12.1 Å². The van der Waals surface area contributed by atoms with Crippen LogP contribution in [-0.4, -0.2) is 36.6 Å². The molecule has 0 saturated heterocycles. The van der Waals surface area contributed by atoms with Gasteiger partial charge in [-0.1, -0.05) is 12.1 Å². The van der Waals surface area contributed by atoms with E-state index in [9.17, 15) is 13.2 Å². The Kier molecular flexibility index (Phi) is 5.43. The van der Waals surface area contributed by atoms with Gasteiger partial charge in [0.1, 0.15) is 5.75 Å². The standard InChI is InChI=1S/C12H16F3NO2/c1-16(7-2-8-17)9-10-3-5-11(6-4-10)18-12(13,14)15/h3-6,17H,2,7-9H2,1H3. The Hall–Kier alpha value is -1.27. The molecule has 18 heavy (non-hydrogen) atoms. The number of halogens is 3. The normalized spacial score (nSPS) is 11.9. The van der Waals surface area contributed by atoms with E-state index in [-0.39, 0.29) is 12.4 Å². The quantitative estimate of drug-likeness (QED) is 0.855. The predicted molar refractivity (Wildman–Crippen MR) is 61.2 cm³/mol. The van der Waals surface area contributed by atoms with Crippen molar-refractivity contribution in [2.75, 3.05) is 20.2 Å². The molecule has 0 bridgehead atoms. The van der Waals surface area contributed by atoms with E-state index in [1.807, 2.05) is 11.9 Å². The fourth-order valence-corrected chi connectivity index (χ4v) is 1.53. The number of alkyl halides is 3. The summed E-state index contributed by atoms with van der Waals surface area (Å²) in [6, 6.07) is 5.78. The zero-order chi connectivity index (χ0) is 13.6. The van der Waals surface area contributed by atoms with Crippen molar-refractivity contribution in [1.82, 2.24) is 4.90 Å². The van der Waals surface area contributed by atoms with Crippen LogP contribution in [0.2, 0.25) is 0 Å². The average Bonchev–Trinajstić information content (AvgIpc) is 2.27. The minimum Gasteiger partial charge on any atom is -0.406 e. The van der Waals surface area contributed by atoms with Gasteiger partial charge in [-0.25, -0.2) is 0 Å². The number of aliphatic hydroxyl groups excluding tert-OH is 1. The number of hydrogen-bond acceptors (Lipinski definition) is 3. The van der Waals surface area contributed by atoms with E-state index in [2.05, 4.69) is 4.74 Å². The molecule has 0 aliphatic rings. The van der Waals surface area contributed by atoms with Gasteiger partial charge in [0, 0.05) is 19.7 Å². The largest absolute Gasteiger partial charge is 0.573 e. The third-order valence-electron chi connectivity index (χ3n) is 2.31. The van der Waals surface area contributed by atoms with Crippen molar-refractivity contribution in [1.29, 1.82) is 0 Å². The molecule has 1 aromatic carbocycles. The van der Waals surface area contributed by atoms with Gasteiger partial charge in [-0.2, -0.15) is 0 Å². The maximum atomic E-state index is 11.9. The summed E-state index contributed by atoms with van der Waals surface area (Å²) in [6.07, 6.45) is -3.98. The van der Waals surface area contributed by atoms with E-state index >= 15 is 0 Å². The van der Waals surface area contributed by atoms with Crippen molar-refractivity contribution >= 4 is 0 Å². The Morgan fingerprint density at radius 3 is 2.33 bits per heavy atom. The van der Waals surface area contributed by atoms with Crippen LogP contribution in [0.15, 0.2) is 24.3 Å². The number of nitrogens with zero attached hydrogens (tertiary/aromatic N) is 1. The highest BCUT2D eigenvalue weighted by Gasteiger charge is 2.30. The minimum absolute atomic E-state index is 0.128. The van der Waals surface area contributed by atoms with Crippen LogP contribution in [0.4, 0.5) is 13.2 Å². The molecule has 0 aliphatic carbocycles. The van der Waals surface area contributed by atoms with Crippen molar-refractivity contribution in [2.45, 2.75) is 19.3 Å². The summed E-state index contributed by atoms with van der Waals surface area (Å²) < 4.78 is 39.6. The smallest absolute Gasteiger partial charge is 0.406 e. The van der Waals surface area contributed by atoms with Crippen LogP contribution in [0.1, 0.15) is 12.0 Å². The lowest BCUT2D eigenvalue weighted by Crippen LogP contribution is -2.20. The van der Waals surface area contributed by atoms with Gasteiger partial charge in [0.25, 0.3) is 0 Å². The maximum Gasteiger partial charge on any atom is 0.573 e. The fourth-order valence-electron chi connectivity index (χ4n) is 1.53. The van der Waals surface area contributed by atoms with Crippen LogP contribution in [-0.2, 0) is 6.54 Å². The van der Waals surface area contributed by atoms with Crippen LogP contribution >= 0.6 is 0 Å². The first kappa shape index (κ1) is 14.8. The van der Waals surface area contributed by atoms with Crippen LogP contribution in [0, 0.1) is 0 Å². The summed E-state index contributed by atoms with van der Waals surface area (Å²) in [5.41, 5.74) is 0.893. The average molecular weight is 263 g/mol. The minimum atomic E-state index is -4.65. The zero-order valence-electron chi connectivity index (χ0n) is 10.1. The van der Waals surface area contributed by atoms with Crippen LogP contribution in [0.3, 0.4) is 0 Å². The molecule has 0 saturated carbocycles. The van der Waals surface area contributed by atoms with E-state index in [1.54, 1.807) is 12.1 Å². The summed E-state index contributed by atoms with van der Waals surface area (Å²) >= 11 is 0. The Morgan fingerprint density at radius 2 is 1.83 bits per heavy atom.